The molecule has 3 N–H and O–H groups in total. The van der Waals surface area contributed by atoms with Gasteiger partial charge in [-0.15, -0.1) is 0 Å². The standard InChI is InChI=1S/C10H18N2O5S/c1-2-18(16,17)6-5-11-10(15)12-8(9(13)14)7-3-4-7/h7-8H,2-6H2,1H3,(H,13,14)(H2,11,12,15). The third-order valence-electron chi connectivity index (χ3n) is 2.78. The minimum absolute atomic E-state index is 0.00683. The second-order valence-electron chi connectivity index (χ2n) is 4.29. The molecule has 0 aromatic carbocycles. The van der Waals surface area contributed by atoms with Crippen LogP contribution in [0.25, 0.3) is 0 Å². The number of carboxylic acids is 1. The molecule has 0 spiro atoms. The minimum atomic E-state index is -3.12. The Morgan fingerprint density at radius 1 is 1.39 bits per heavy atom. The highest BCUT2D eigenvalue weighted by atomic mass is 32.2. The quantitative estimate of drug-likeness (QED) is 0.585. The van der Waals surface area contributed by atoms with E-state index < -0.39 is 27.9 Å². The molecule has 1 unspecified atom stereocenters. The van der Waals surface area contributed by atoms with Gasteiger partial charge in [0.05, 0.1) is 5.75 Å². The van der Waals surface area contributed by atoms with Gasteiger partial charge in [0.1, 0.15) is 6.04 Å². The zero-order valence-electron chi connectivity index (χ0n) is 10.2. The number of hydrogen-bond donors (Lipinski definition) is 3. The molecule has 0 aromatic heterocycles. The van der Waals surface area contributed by atoms with Gasteiger partial charge in [-0.3, -0.25) is 0 Å². The molecule has 0 radical (unpaired) electrons. The van der Waals surface area contributed by atoms with Crippen LogP contribution < -0.4 is 10.6 Å². The first-order valence-electron chi connectivity index (χ1n) is 5.83. The van der Waals surface area contributed by atoms with E-state index in [0.717, 1.165) is 12.8 Å². The van der Waals surface area contributed by atoms with Gasteiger partial charge in [0, 0.05) is 12.3 Å². The van der Waals surface area contributed by atoms with Crippen molar-refractivity contribution in [1.29, 1.82) is 0 Å². The molecule has 2 amide bonds. The van der Waals surface area contributed by atoms with E-state index in [1.54, 1.807) is 0 Å². The fraction of sp³-hybridized carbons (Fsp3) is 0.800. The number of rotatable bonds is 7. The Morgan fingerprint density at radius 3 is 2.44 bits per heavy atom. The summed E-state index contributed by atoms with van der Waals surface area (Å²) in [6.45, 7) is 1.52. The molecule has 7 nitrogen and oxygen atoms in total. The van der Waals surface area contributed by atoms with E-state index in [9.17, 15) is 18.0 Å². The van der Waals surface area contributed by atoms with Gasteiger partial charge in [-0.25, -0.2) is 18.0 Å². The summed E-state index contributed by atoms with van der Waals surface area (Å²) in [5, 5.41) is 13.6. The molecule has 0 aliphatic heterocycles. The molecule has 0 heterocycles. The summed E-state index contributed by atoms with van der Waals surface area (Å²) in [5.41, 5.74) is 0. The maximum absolute atomic E-state index is 11.4. The lowest BCUT2D eigenvalue weighted by molar-refractivity contribution is -0.139. The van der Waals surface area contributed by atoms with Crippen molar-refractivity contribution in [2.45, 2.75) is 25.8 Å². The van der Waals surface area contributed by atoms with Crippen LogP contribution in [0.4, 0.5) is 4.79 Å². The van der Waals surface area contributed by atoms with Crippen molar-refractivity contribution in [3.63, 3.8) is 0 Å². The number of carboxylic acid groups (broad SMARTS) is 1. The Bertz CT molecular complexity index is 416. The maximum atomic E-state index is 11.4. The van der Waals surface area contributed by atoms with Gasteiger partial charge in [0.25, 0.3) is 0 Å². The first kappa shape index (κ1) is 14.7. The van der Waals surface area contributed by atoms with Crippen LogP contribution in [0.15, 0.2) is 0 Å². The fourth-order valence-corrected chi connectivity index (χ4v) is 2.17. The molecule has 1 saturated carbocycles. The summed E-state index contributed by atoms with van der Waals surface area (Å²) in [6.07, 6.45) is 1.59. The maximum Gasteiger partial charge on any atom is 0.326 e. The summed E-state index contributed by atoms with van der Waals surface area (Å²) >= 11 is 0. The molecule has 18 heavy (non-hydrogen) atoms. The van der Waals surface area contributed by atoms with Crippen molar-refractivity contribution in [3.05, 3.63) is 0 Å². The van der Waals surface area contributed by atoms with Gasteiger partial charge in [-0.05, 0) is 18.8 Å². The third kappa shape index (κ3) is 4.91. The summed E-state index contributed by atoms with van der Waals surface area (Å²) < 4.78 is 22.3. The molecule has 1 fully saturated rings. The van der Waals surface area contributed by atoms with Gasteiger partial charge in [-0.1, -0.05) is 6.92 Å². The molecule has 8 heteroatoms. The zero-order chi connectivity index (χ0) is 13.8. The smallest absolute Gasteiger partial charge is 0.326 e. The number of carbonyl (C=O) groups excluding carboxylic acids is 1. The highest BCUT2D eigenvalue weighted by Crippen LogP contribution is 2.32. The monoisotopic (exact) mass is 278 g/mol. The van der Waals surface area contributed by atoms with Crippen molar-refractivity contribution in [3.8, 4) is 0 Å². The molecule has 1 rings (SSSR count). The van der Waals surface area contributed by atoms with Gasteiger partial charge in [0.15, 0.2) is 9.84 Å². The minimum Gasteiger partial charge on any atom is -0.480 e. The number of nitrogens with one attached hydrogen (secondary N) is 2. The van der Waals surface area contributed by atoms with E-state index >= 15 is 0 Å². The number of urea groups is 1. The highest BCUT2D eigenvalue weighted by Gasteiger charge is 2.37. The van der Waals surface area contributed by atoms with Crippen LogP contribution in [0.5, 0.6) is 0 Å². The van der Waals surface area contributed by atoms with Crippen LogP contribution in [0.2, 0.25) is 0 Å². The number of amides is 2. The number of carbonyl (C=O) groups is 2. The van der Waals surface area contributed by atoms with Gasteiger partial charge in [0.2, 0.25) is 0 Å². The predicted octanol–water partition coefficient (Wildman–Crippen LogP) is -0.416. The fourth-order valence-electron chi connectivity index (χ4n) is 1.47. The topological polar surface area (TPSA) is 113 Å². The first-order chi connectivity index (χ1) is 8.35. The number of hydrogen-bond acceptors (Lipinski definition) is 4. The summed E-state index contributed by atoms with van der Waals surface area (Å²) in [5.74, 6) is -1.18. The molecule has 0 bridgehead atoms. The van der Waals surface area contributed by atoms with E-state index in [4.69, 9.17) is 5.11 Å². The van der Waals surface area contributed by atoms with E-state index in [2.05, 4.69) is 10.6 Å². The first-order valence-corrected chi connectivity index (χ1v) is 7.65. The molecule has 0 saturated heterocycles. The van der Waals surface area contributed by atoms with Crippen LogP contribution in [-0.2, 0) is 14.6 Å². The largest absolute Gasteiger partial charge is 0.480 e. The Balaban J connectivity index is 2.30. The van der Waals surface area contributed by atoms with Crippen molar-refractivity contribution in [2.24, 2.45) is 5.92 Å². The molecule has 104 valence electrons. The van der Waals surface area contributed by atoms with Crippen molar-refractivity contribution in [2.75, 3.05) is 18.1 Å². The summed E-state index contributed by atoms with van der Waals surface area (Å²) in [7, 11) is -3.12. The Morgan fingerprint density at radius 2 is 2.00 bits per heavy atom. The lowest BCUT2D eigenvalue weighted by atomic mass is 10.2. The third-order valence-corrected chi connectivity index (χ3v) is 4.49. The zero-order valence-corrected chi connectivity index (χ0v) is 11.0. The molecular weight excluding hydrogens is 260 g/mol. The van der Waals surface area contributed by atoms with Crippen LogP contribution in [0.3, 0.4) is 0 Å². The van der Waals surface area contributed by atoms with Crippen LogP contribution in [0, 0.1) is 5.92 Å². The Labute approximate surface area is 106 Å². The highest BCUT2D eigenvalue weighted by molar-refractivity contribution is 7.91. The Hall–Kier alpha value is -1.31. The Kier molecular flexibility index (Phi) is 4.94. The van der Waals surface area contributed by atoms with Crippen molar-refractivity contribution >= 4 is 21.8 Å². The summed E-state index contributed by atoms with van der Waals surface area (Å²) in [6, 6.07) is -1.52. The van der Waals surface area contributed by atoms with Crippen LogP contribution in [-0.4, -0.2) is 49.6 Å². The van der Waals surface area contributed by atoms with E-state index in [-0.39, 0.29) is 24.0 Å². The molecule has 1 atom stereocenters. The SMILES string of the molecule is CCS(=O)(=O)CCNC(=O)NC(C(=O)O)C1CC1. The average Bonchev–Trinajstić information content (AvgIpc) is 3.09. The summed E-state index contributed by atoms with van der Waals surface area (Å²) in [4.78, 5) is 22.2. The van der Waals surface area contributed by atoms with Crippen LogP contribution in [0.1, 0.15) is 19.8 Å². The van der Waals surface area contributed by atoms with E-state index in [1.807, 2.05) is 0 Å². The lowest BCUT2D eigenvalue weighted by Gasteiger charge is -2.14. The molecule has 0 aromatic rings. The normalized spacial score (nSPS) is 16.9. The van der Waals surface area contributed by atoms with Gasteiger partial charge < -0.3 is 15.7 Å². The van der Waals surface area contributed by atoms with Crippen LogP contribution >= 0.6 is 0 Å². The van der Waals surface area contributed by atoms with Crippen molar-refractivity contribution < 1.29 is 23.1 Å². The number of aliphatic carboxylic acids is 1. The van der Waals surface area contributed by atoms with E-state index in [0.29, 0.717) is 0 Å². The van der Waals surface area contributed by atoms with Gasteiger partial charge in [-0.2, -0.15) is 0 Å². The second-order valence-corrected chi connectivity index (χ2v) is 6.76. The molecule has 1 aliphatic carbocycles. The molecular formula is C10H18N2O5S. The average molecular weight is 278 g/mol. The lowest BCUT2D eigenvalue weighted by Crippen LogP contribution is -2.48. The molecule has 1 aliphatic rings. The van der Waals surface area contributed by atoms with Gasteiger partial charge >= 0.3 is 12.0 Å². The second kappa shape index (κ2) is 6.03. The van der Waals surface area contributed by atoms with Crippen molar-refractivity contribution in [1.82, 2.24) is 10.6 Å². The van der Waals surface area contributed by atoms with E-state index in [1.165, 1.54) is 6.92 Å². The number of sulfone groups is 1. The predicted molar refractivity (Wildman–Crippen MR) is 65.0 cm³/mol.